The first kappa shape index (κ1) is 16.5. The molecule has 3 N–H and O–H groups in total. The minimum absolute atomic E-state index is 0.0438. The first-order valence-corrected chi connectivity index (χ1v) is 7.14. The number of carbonyl (C=O) groups excluding carboxylic acids is 1. The van der Waals surface area contributed by atoms with Gasteiger partial charge in [0.1, 0.15) is 6.04 Å². The number of hydrogen-bond donors (Lipinski definition) is 2. The largest absolute Gasteiger partial charge is 0.363 e. The van der Waals surface area contributed by atoms with Gasteiger partial charge in [0, 0.05) is 24.8 Å². The third kappa shape index (κ3) is 4.23. The molecular formula is C16H27N3O. The van der Waals surface area contributed by atoms with Crippen molar-refractivity contribution in [3.8, 4) is 0 Å². The summed E-state index contributed by atoms with van der Waals surface area (Å²) < 4.78 is 0. The summed E-state index contributed by atoms with van der Waals surface area (Å²) in [6, 6.07) is 7.76. The lowest BCUT2D eigenvalue weighted by Gasteiger charge is -2.31. The summed E-state index contributed by atoms with van der Waals surface area (Å²) in [6.45, 7) is 8.59. The van der Waals surface area contributed by atoms with Crippen LogP contribution in [0.1, 0.15) is 39.7 Å². The van der Waals surface area contributed by atoms with Gasteiger partial charge in [-0.1, -0.05) is 19.1 Å². The zero-order valence-corrected chi connectivity index (χ0v) is 13.2. The highest BCUT2D eigenvalue weighted by Gasteiger charge is 2.24. The van der Waals surface area contributed by atoms with Crippen molar-refractivity contribution in [1.29, 1.82) is 0 Å². The van der Waals surface area contributed by atoms with E-state index in [0.717, 1.165) is 17.7 Å². The first-order chi connectivity index (χ1) is 9.30. The Morgan fingerprint density at radius 1 is 1.35 bits per heavy atom. The molecule has 4 heteroatoms. The minimum atomic E-state index is -0.218. The summed E-state index contributed by atoms with van der Waals surface area (Å²) in [7, 11) is 1.93. The molecule has 1 amide bonds. The number of nitrogens with one attached hydrogen (secondary N) is 1. The van der Waals surface area contributed by atoms with E-state index in [2.05, 4.69) is 12.2 Å². The maximum Gasteiger partial charge on any atom is 0.242 e. The summed E-state index contributed by atoms with van der Waals surface area (Å²) in [4.78, 5) is 14.3. The van der Waals surface area contributed by atoms with Crippen molar-refractivity contribution in [3.05, 3.63) is 29.8 Å². The Labute approximate surface area is 122 Å². The van der Waals surface area contributed by atoms with Gasteiger partial charge in [-0.15, -0.1) is 0 Å². The van der Waals surface area contributed by atoms with Crippen molar-refractivity contribution in [2.24, 2.45) is 5.73 Å². The molecule has 0 saturated carbocycles. The molecule has 112 valence electrons. The predicted molar refractivity (Wildman–Crippen MR) is 84.7 cm³/mol. The molecule has 0 saturated heterocycles. The highest BCUT2D eigenvalue weighted by Crippen LogP contribution is 2.17. The molecule has 4 nitrogen and oxygen atoms in total. The highest BCUT2D eigenvalue weighted by atomic mass is 16.2. The molecule has 0 spiro atoms. The monoisotopic (exact) mass is 277 g/mol. The Morgan fingerprint density at radius 3 is 2.35 bits per heavy atom. The molecule has 0 aliphatic carbocycles. The number of nitrogens with zero attached hydrogens (tertiary/aromatic N) is 1. The standard InChI is InChI=1S/C16H27N3O/c1-6-16(3,4)18-15(20)12(2)19(5)14-9-7-13(11-17)8-10-14/h7-10,12H,6,11,17H2,1-5H3,(H,18,20). The number of amides is 1. The van der Waals surface area contributed by atoms with Crippen molar-refractivity contribution in [1.82, 2.24) is 5.32 Å². The van der Waals surface area contributed by atoms with E-state index in [-0.39, 0.29) is 17.5 Å². The maximum atomic E-state index is 12.3. The summed E-state index contributed by atoms with van der Waals surface area (Å²) in [5.41, 5.74) is 7.52. The number of rotatable bonds is 6. The van der Waals surface area contributed by atoms with Crippen LogP contribution < -0.4 is 16.0 Å². The van der Waals surface area contributed by atoms with Crippen LogP contribution in [-0.2, 0) is 11.3 Å². The van der Waals surface area contributed by atoms with E-state index in [1.807, 2.05) is 57.0 Å². The summed E-state index contributed by atoms with van der Waals surface area (Å²) in [6.07, 6.45) is 0.903. The third-order valence-electron chi connectivity index (χ3n) is 3.89. The quantitative estimate of drug-likeness (QED) is 0.838. The normalized spacial score (nSPS) is 12.9. The van der Waals surface area contributed by atoms with Crippen LogP contribution in [0.25, 0.3) is 0 Å². The van der Waals surface area contributed by atoms with Gasteiger partial charge in [-0.25, -0.2) is 0 Å². The van der Waals surface area contributed by atoms with E-state index < -0.39 is 0 Å². The zero-order chi connectivity index (χ0) is 15.3. The summed E-state index contributed by atoms with van der Waals surface area (Å²) in [5.74, 6) is 0.0438. The third-order valence-corrected chi connectivity index (χ3v) is 3.89. The Bertz CT molecular complexity index is 440. The van der Waals surface area contributed by atoms with Gasteiger partial charge in [0.25, 0.3) is 0 Å². The number of carbonyl (C=O) groups is 1. The fraction of sp³-hybridized carbons (Fsp3) is 0.562. The number of benzene rings is 1. The van der Waals surface area contributed by atoms with Crippen LogP contribution >= 0.6 is 0 Å². The predicted octanol–water partition coefficient (Wildman–Crippen LogP) is 2.27. The van der Waals surface area contributed by atoms with Gasteiger partial charge in [0.15, 0.2) is 0 Å². The molecule has 0 radical (unpaired) electrons. The highest BCUT2D eigenvalue weighted by molar-refractivity contribution is 5.85. The molecule has 0 fully saturated rings. The molecule has 1 rings (SSSR count). The lowest BCUT2D eigenvalue weighted by molar-refractivity contribution is -0.123. The van der Waals surface area contributed by atoms with Crippen LogP contribution in [0.3, 0.4) is 0 Å². The van der Waals surface area contributed by atoms with Crippen LogP contribution in [0.15, 0.2) is 24.3 Å². The second kappa shape index (κ2) is 6.75. The molecule has 1 unspecified atom stereocenters. The van der Waals surface area contributed by atoms with E-state index in [1.54, 1.807) is 0 Å². The second-order valence-corrected chi connectivity index (χ2v) is 5.88. The first-order valence-electron chi connectivity index (χ1n) is 7.14. The molecule has 1 aromatic rings. The Morgan fingerprint density at radius 2 is 1.90 bits per heavy atom. The van der Waals surface area contributed by atoms with Gasteiger partial charge in [-0.3, -0.25) is 4.79 Å². The van der Waals surface area contributed by atoms with Gasteiger partial charge < -0.3 is 16.0 Å². The van der Waals surface area contributed by atoms with Crippen LogP contribution in [0.5, 0.6) is 0 Å². The SMILES string of the molecule is CCC(C)(C)NC(=O)C(C)N(C)c1ccc(CN)cc1. The number of likely N-dealkylation sites (N-methyl/N-ethyl adjacent to an activating group) is 1. The van der Waals surface area contributed by atoms with Crippen LogP contribution in [-0.4, -0.2) is 24.5 Å². The second-order valence-electron chi connectivity index (χ2n) is 5.88. The fourth-order valence-electron chi connectivity index (χ4n) is 1.79. The van der Waals surface area contributed by atoms with Crippen LogP contribution in [0.4, 0.5) is 5.69 Å². The van der Waals surface area contributed by atoms with Gasteiger partial charge in [0.05, 0.1) is 0 Å². The van der Waals surface area contributed by atoms with Gasteiger partial charge in [0.2, 0.25) is 5.91 Å². The molecule has 0 aliphatic heterocycles. The Kier molecular flexibility index (Phi) is 5.57. The van der Waals surface area contributed by atoms with Gasteiger partial charge in [-0.05, 0) is 44.9 Å². The lowest BCUT2D eigenvalue weighted by Crippen LogP contribution is -2.51. The molecule has 1 aromatic carbocycles. The molecule has 0 aromatic heterocycles. The molecule has 20 heavy (non-hydrogen) atoms. The maximum absolute atomic E-state index is 12.3. The zero-order valence-electron chi connectivity index (χ0n) is 13.2. The Hall–Kier alpha value is -1.55. The molecule has 0 bridgehead atoms. The molecule has 1 atom stereocenters. The fourth-order valence-corrected chi connectivity index (χ4v) is 1.79. The van der Waals surface area contributed by atoms with Crippen LogP contribution in [0, 0.1) is 0 Å². The Balaban J connectivity index is 2.74. The van der Waals surface area contributed by atoms with Gasteiger partial charge >= 0.3 is 0 Å². The number of anilines is 1. The smallest absolute Gasteiger partial charge is 0.242 e. The average molecular weight is 277 g/mol. The summed E-state index contributed by atoms with van der Waals surface area (Å²) in [5, 5.41) is 3.08. The van der Waals surface area contributed by atoms with E-state index in [0.29, 0.717) is 6.54 Å². The summed E-state index contributed by atoms with van der Waals surface area (Å²) >= 11 is 0. The molecular weight excluding hydrogens is 250 g/mol. The average Bonchev–Trinajstić information content (AvgIpc) is 2.45. The van der Waals surface area contributed by atoms with E-state index in [9.17, 15) is 4.79 Å². The van der Waals surface area contributed by atoms with Crippen molar-refractivity contribution in [2.45, 2.75) is 52.2 Å². The van der Waals surface area contributed by atoms with Crippen molar-refractivity contribution < 1.29 is 4.79 Å². The van der Waals surface area contributed by atoms with Crippen molar-refractivity contribution in [3.63, 3.8) is 0 Å². The van der Waals surface area contributed by atoms with Gasteiger partial charge in [-0.2, -0.15) is 0 Å². The molecule has 0 aliphatic rings. The molecule has 0 heterocycles. The number of hydrogen-bond acceptors (Lipinski definition) is 3. The lowest BCUT2D eigenvalue weighted by atomic mass is 10.0. The van der Waals surface area contributed by atoms with Crippen molar-refractivity contribution in [2.75, 3.05) is 11.9 Å². The van der Waals surface area contributed by atoms with Crippen LogP contribution in [0.2, 0.25) is 0 Å². The van der Waals surface area contributed by atoms with E-state index in [1.165, 1.54) is 0 Å². The van der Waals surface area contributed by atoms with E-state index in [4.69, 9.17) is 5.73 Å². The van der Waals surface area contributed by atoms with E-state index >= 15 is 0 Å². The minimum Gasteiger partial charge on any atom is -0.363 e. The van der Waals surface area contributed by atoms with Crippen molar-refractivity contribution >= 4 is 11.6 Å². The topological polar surface area (TPSA) is 58.4 Å². The number of nitrogens with two attached hydrogens (primary N) is 1.